The molecule has 1 unspecified atom stereocenters. The van der Waals surface area contributed by atoms with Gasteiger partial charge < -0.3 is 20.1 Å². The van der Waals surface area contributed by atoms with Crippen molar-refractivity contribution >= 4 is 10.9 Å². The summed E-state index contributed by atoms with van der Waals surface area (Å²) in [6, 6.07) is 7.15. The molecular weight excluding hydrogens is 252 g/mol. The molecule has 4 heteroatoms. The topological polar surface area (TPSA) is 57.3 Å². The lowest BCUT2D eigenvalue weighted by Gasteiger charge is -2.23. The number of hydrogen-bond acceptors (Lipinski definition) is 3. The van der Waals surface area contributed by atoms with E-state index in [4.69, 9.17) is 17.1 Å². The van der Waals surface area contributed by atoms with Crippen LogP contribution in [0.4, 0.5) is 0 Å². The maximum absolute atomic E-state index is 10.2. The first-order valence-electron chi connectivity index (χ1n) is 10.7. The number of aromatic nitrogens is 1. The maximum Gasteiger partial charge on any atom is 0.128 e. The van der Waals surface area contributed by atoms with Gasteiger partial charge in [-0.05, 0) is 45.7 Å². The summed E-state index contributed by atoms with van der Waals surface area (Å²) in [5.74, 6) is 0.472. The van der Waals surface area contributed by atoms with Crippen LogP contribution in [0.25, 0.3) is 10.9 Å². The molecule has 0 amide bonds. The number of nitrogens with one attached hydrogen (secondary N) is 2. The van der Waals surface area contributed by atoms with E-state index in [0.717, 1.165) is 16.6 Å². The van der Waals surface area contributed by atoms with Gasteiger partial charge >= 0.3 is 0 Å². The molecule has 1 atom stereocenters. The normalized spacial score (nSPS) is 22.2. The third kappa shape index (κ3) is 3.99. The zero-order valence-electron chi connectivity index (χ0n) is 20.2. The first-order valence-corrected chi connectivity index (χ1v) is 6.24. The molecule has 2 aromatic rings. The quantitative estimate of drug-likeness (QED) is 0.791. The molecule has 110 valence electrons. The van der Waals surface area contributed by atoms with Crippen molar-refractivity contribution < 1.29 is 22.2 Å². The third-order valence-corrected chi connectivity index (χ3v) is 2.79. The van der Waals surface area contributed by atoms with Crippen molar-refractivity contribution in [2.45, 2.75) is 39.1 Å². The molecule has 0 saturated carbocycles. The fraction of sp³-hybridized carbons (Fsp3) is 0.500. The van der Waals surface area contributed by atoms with E-state index in [2.05, 4.69) is 10.3 Å². The molecule has 1 aromatic carbocycles. The molecule has 0 aliphatic heterocycles. The van der Waals surface area contributed by atoms with Gasteiger partial charge in [0, 0.05) is 41.0 Å². The third-order valence-electron chi connectivity index (χ3n) is 2.79. The number of benzene rings is 1. The average molecular weight is 285 g/mol. The Labute approximate surface area is 132 Å². The number of rotatable bonds is 5. The summed E-state index contributed by atoms with van der Waals surface area (Å²) in [5, 5.41) is 13.1. The monoisotopic (exact) mass is 285 g/mol. The van der Waals surface area contributed by atoms with Crippen LogP contribution < -0.4 is 10.1 Å². The van der Waals surface area contributed by atoms with Crippen molar-refractivity contribution in [3.05, 3.63) is 30.0 Å². The molecule has 1 heterocycles. The van der Waals surface area contributed by atoms with Crippen molar-refractivity contribution in [3.63, 3.8) is 0 Å². The number of ether oxygens (including phenoxy) is 1. The standard InChI is InChI=1S/C16H24N2O2/c1-11-8-13-14(18-11)6-5-7-15(13)20-10-12(19)9-17-16(2,3)4/h5-8,12,17-19H,9-10H2,1-4H3/i2D3,3D3,4D3. The number of fused-ring (bicyclic) bond motifs is 1. The first kappa shape index (κ1) is 6.96. The molecular formula is C16H24N2O2. The minimum atomic E-state index is -3.38. The van der Waals surface area contributed by atoms with Gasteiger partial charge in [-0.25, -0.2) is 0 Å². The molecule has 0 aliphatic carbocycles. The largest absolute Gasteiger partial charge is 0.490 e. The van der Waals surface area contributed by atoms with E-state index in [0.29, 0.717) is 5.75 Å². The Morgan fingerprint density at radius 1 is 1.45 bits per heavy atom. The molecule has 0 spiro atoms. The second-order valence-corrected chi connectivity index (χ2v) is 4.77. The Morgan fingerprint density at radius 3 is 3.00 bits per heavy atom. The highest BCUT2D eigenvalue weighted by Crippen LogP contribution is 2.26. The van der Waals surface area contributed by atoms with E-state index in [1.165, 1.54) is 0 Å². The van der Waals surface area contributed by atoms with Crippen LogP contribution in [-0.2, 0) is 0 Å². The van der Waals surface area contributed by atoms with Gasteiger partial charge in [0.25, 0.3) is 0 Å². The minimum Gasteiger partial charge on any atom is -0.490 e. The molecule has 0 aliphatic rings. The summed E-state index contributed by atoms with van der Waals surface area (Å²) >= 11 is 0. The van der Waals surface area contributed by atoms with Gasteiger partial charge in [0.05, 0.1) is 0 Å². The lowest BCUT2D eigenvalue weighted by atomic mass is 10.1. The highest BCUT2D eigenvalue weighted by molar-refractivity contribution is 5.86. The number of aromatic amines is 1. The molecule has 20 heavy (non-hydrogen) atoms. The molecule has 1 aromatic heterocycles. The smallest absolute Gasteiger partial charge is 0.128 e. The predicted molar refractivity (Wildman–Crippen MR) is 82.3 cm³/mol. The maximum atomic E-state index is 10.2. The van der Waals surface area contributed by atoms with Crippen molar-refractivity contribution in [1.29, 1.82) is 0 Å². The van der Waals surface area contributed by atoms with Gasteiger partial charge in [-0.15, -0.1) is 0 Å². The molecule has 0 radical (unpaired) electrons. The first-order chi connectivity index (χ1) is 13.1. The van der Waals surface area contributed by atoms with Gasteiger partial charge in [0.2, 0.25) is 0 Å². The van der Waals surface area contributed by atoms with E-state index in [9.17, 15) is 5.11 Å². The second kappa shape index (κ2) is 5.85. The van der Waals surface area contributed by atoms with Gasteiger partial charge in [-0.1, -0.05) is 6.07 Å². The summed E-state index contributed by atoms with van der Waals surface area (Å²) < 4.78 is 73.6. The summed E-state index contributed by atoms with van der Waals surface area (Å²) in [6.07, 6.45) is -1.35. The second-order valence-electron chi connectivity index (χ2n) is 4.77. The van der Waals surface area contributed by atoms with Crippen molar-refractivity contribution in [2.75, 3.05) is 13.2 Å². The summed E-state index contributed by atoms with van der Waals surface area (Å²) in [7, 11) is 0. The highest BCUT2D eigenvalue weighted by Gasteiger charge is 2.13. The fourth-order valence-electron chi connectivity index (χ4n) is 1.91. The molecule has 0 bridgehead atoms. The summed E-state index contributed by atoms with van der Waals surface area (Å²) in [6.45, 7) is -9.15. The molecule has 4 nitrogen and oxygen atoms in total. The fourth-order valence-corrected chi connectivity index (χ4v) is 1.91. The van der Waals surface area contributed by atoms with Gasteiger partial charge in [0.1, 0.15) is 18.5 Å². The molecule has 3 N–H and O–H groups in total. The number of H-pyrrole nitrogens is 1. The van der Waals surface area contributed by atoms with Crippen LogP contribution in [0.5, 0.6) is 5.75 Å². The minimum absolute atomic E-state index is 0.296. The van der Waals surface area contributed by atoms with E-state index in [1.54, 1.807) is 12.1 Å². The Kier molecular flexibility index (Phi) is 2.04. The summed E-state index contributed by atoms with van der Waals surface area (Å²) in [4.78, 5) is 3.14. The van der Waals surface area contributed by atoms with Crippen LogP contribution in [0.15, 0.2) is 24.3 Å². The van der Waals surface area contributed by atoms with Crippen LogP contribution >= 0.6 is 0 Å². The number of β-amino-alcohol motifs (C(OH)–C–C–N with tert-alkyl or cyclic N) is 1. The Morgan fingerprint density at radius 2 is 2.25 bits per heavy atom. The Bertz CT molecular complexity index is 803. The average Bonchev–Trinajstić information content (AvgIpc) is 2.89. The van der Waals surface area contributed by atoms with E-state index in [1.807, 2.05) is 19.1 Å². The highest BCUT2D eigenvalue weighted by atomic mass is 16.5. The number of aryl methyl sites for hydroxylation is 1. The lowest BCUT2D eigenvalue weighted by molar-refractivity contribution is 0.101. The van der Waals surface area contributed by atoms with Crippen LogP contribution in [0.2, 0.25) is 0 Å². The summed E-state index contributed by atoms with van der Waals surface area (Å²) in [5.41, 5.74) is -1.44. The molecule has 2 rings (SSSR count). The van der Waals surface area contributed by atoms with Crippen molar-refractivity contribution in [2.24, 2.45) is 0 Å². The van der Waals surface area contributed by atoms with Gasteiger partial charge in [-0.3, -0.25) is 0 Å². The van der Waals surface area contributed by atoms with Crippen LogP contribution in [0, 0.1) is 6.92 Å². The number of hydrogen-bond donors (Lipinski definition) is 3. The van der Waals surface area contributed by atoms with Gasteiger partial charge in [-0.2, -0.15) is 0 Å². The number of aliphatic hydroxyl groups excluding tert-OH is 1. The molecule has 0 saturated heterocycles. The van der Waals surface area contributed by atoms with Gasteiger partial charge in [0.15, 0.2) is 0 Å². The Balaban J connectivity index is 2.15. The van der Waals surface area contributed by atoms with E-state index >= 15 is 0 Å². The zero-order valence-corrected chi connectivity index (χ0v) is 11.2. The molecule has 0 fully saturated rings. The van der Waals surface area contributed by atoms with Crippen LogP contribution in [0.1, 0.15) is 38.6 Å². The van der Waals surface area contributed by atoms with Crippen LogP contribution in [0.3, 0.4) is 0 Å². The van der Waals surface area contributed by atoms with E-state index in [-0.39, 0.29) is 6.61 Å². The number of aliphatic hydroxyl groups is 1. The Hall–Kier alpha value is -1.52. The predicted octanol–water partition coefficient (Wildman–Crippen LogP) is 2.60. The zero-order chi connectivity index (χ0) is 22.3. The van der Waals surface area contributed by atoms with Crippen LogP contribution in [-0.4, -0.2) is 34.9 Å². The lowest BCUT2D eigenvalue weighted by Crippen LogP contribution is -2.42. The van der Waals surface area contributed by atoms with Crippen molar-refractivity contribution in [1.82, 2.24) is 10.3 Å². The van der Waals surface area contributed by atoms with E-state index < -0.39 is 38.7 Å². The van der Waals surface area contributed by atoms with Crippen molar-refractivity contribution in [3.8, 4) is 5.75 Å². The SMILES string of the molecule is [2H]C([2H])([2H])C(NCC(O)COc1cccc2[nH]c(C)cc12)(C([2H])([2H])[2H])C([2H])([2H])[2H].